The topological polar surface area (TPSA) is 91.4 Å². The highest BCUT2D eigenvalue weighted by Crippen LogP contribution is 2.36. The standard InChI is InChI=1S/C23H34N6O/c1-15-12-26-21(17(25)7-8-24)22-20(15)18(28(6)14-23(3,4)5)11-19(27-22)29-9-10-30-13-16(29)2/h7-8,11-12,16,24H,9-10,13-14,25H2,1-6H3/b17-7-,24-8?/t16-/m1/s1. The fourth-order valence-corrected chi connectivity index (χ4v) is 4.06. The average Bonchev–Trinajstić information content (AvgIpc) is 2.66. The largest absolute Gasteiger partial charge is 0.397 e. The molecule has 0 aliphatic carbocycles. The third kappa shape index (κ3) is 4.56. The lowest BCUT2D eigenvalue weighted by atomic mass is 9.95. The summed E-state index contributed by atoms with van der Waals surface area (Å²) in [6.07, 6.45) is 4.58. The van der Waals surface area contributed by atoms with Crippen LogP contribution in [-0.2, 0) is 4.74 Å². The van der Waals surface area contributed by atoms with Gasteiger partial charge in [0.15, 0.2) is 0 Å². The normalized spacial score (nSPS) is 18.0. The number of allylic oxidation sites excluding steroid dienone is 1. The molecular formula is C23H34N6O. The van der Waals surface area contributed by atoms with Gasteiger partial charge in [0.1, 0.15) is 17.0 Å². The van der Waals surface area contributed by atoms with Crippen LogP contribution in [0.1, 0.15) is 39.0 Å². The summed E-state index contributed by atoms with van der Waals surface area (Å²) in [5, 5.41) is 8.46. The van der Waals surface area contributed by atoms with Gasteiger partial charge in [-0.2, -0.15) is 0 Å². The fourth-order valence-electron chi connectivity index (χ4n) is 4.06. The van der Waals surface area contributed by atoms with E-state index >= 15 is 0 Å². The lowest BCUT2D eigenvalue weighted by Crippen LogP contribution is -2.44. The van der Waals surface area contributed by atoms with E-state index in [-0.39, 0.29) is 11.5 Å². The number of morpholine rings is 1. The van der Waals surface area contributed by atoms with E-state index in [4.69, 9.17) is 20.9 Å². The van der Waals surface area contributed by atoms with E-state index in [1.165, 1.54) is 6.21 Å². The summed E-state index contributed by atoms with van der Waals surface area (Å²) >= 11 is 0. The molecule has 162 valence electrons. The maximum absolute atomic E-state index is 7.41. The Kier molecular flexibility index (Phi) is 6.31. The van der Waals surface area contributed by atoms with Crippen molar-refractivity contribution in [2.75, 3.05) is 43.2 Å². The molecule has 0 radical (unpaired) electrons. The van der Waals surface area contributed by atoms with Gasteiger partial charge < -0.3 is 25.7 Å². The van der Waals surface area contributed by atoms with Gasteiger partial charge in [-0.3, -0.25) is 4.98 Å². The van der Waals surface area contributed by atoms with Crippen molar-refractivity contribution in [2.24, 2.45) is 11.1 Å². The van der Waals surface area contributed by atoms with Crippen LogP contribution in [0.2, 0.25) is 0 Å². The Morgan fingerprint density at radius 3 is 2.80 bits per heavy atom. The van der Waals surface area contributed by atoms with Crippen molar-refractivity contribution in [3.63, 3.8) is 0 Å². The van der Waals surface area contributed by atoms with Gasteiger partial charge in [-0.15, -0.1) is 0 Å². The maximum Gasteiger partial charge on any atom is 0.131 e. The van der Waals surface area contributed by atoms with Crippen LogP contribution >= 0.6 is 0 Å². The van der Waals surface area contributed by atoms with Crippen molar-refractivity contribution in [3.05, 3.63) is 29.6 Å². The van der Waals surface area contributed by atoms with E-state index in [2.05, 4.69) is 62.5 Å². The van der Waals surface area contributed by atoms with Gasteiger partial charge in [0.05, 0.1) is 25.0 Å². The number of ether oxygens (including phenoxy) is 1. The van der Waals surface area contributed by atoms with Crippen molar-refractivity contribution >= 4 is 34.3 Å². The molecule has 3 rings (SSSR count). The Morgan fingerprint density at radius 2 is 2.17 bits per heavy atom. The zero-order valence-corrected chi connectivity index (χ0v) is 19.0. The molecule has 2 aromatic heterocycles. The molecule has 0 amide bonds. The third-order valence-corrected chi connectivity index (χ3v) is 5.31. The first kappa shape index (κ1) is 22.0. The maximum atomic E-state index is 7.41. The third-order valence-electron chi connectivity index (χ3n) is 5.31. The van der Waals surface area contributed by atoms with Gasteiger partial charge in [0.2, 0.25) is 0 Å². The van der Waals surface area contributed by atoms with E-state index in [0.717, 1.165) is 41.1 Å². The minimum absolute atomic E-state index is 0.139. The molecule has 1 atom stereocenters. The molecule has 3 N–H and O–H groups in total. The highest BCUT2D eigenvalue weighted by Gasteiger charge is 2.25. The van der Waals surface area contributed by atoms with Crippen LogP contribution in [-0.4, -0.2) is 55.6 Å². The van der Waals surface area contributed by atoms with E-state index < -0.39 is 0 Å². The first-order valence-corrected chi connectivity index (χ1v) is 10.4. The summed E-state index contributed by atoms with van der Waals surface area (Å²) in [4.78, 5) is 14.2. The molecule has 1 aliphatic heterocycles. The number of aryl methyl sites for hydroxylation is 1. The van der Waals surface area contributed by atoms with Crippen molar-refractivity contribution in [1.82, 2.24) is 9.97 Å². The van der Waals surface area contributed by atoms with E-state index in [9.17, 15) is 0 Å². The molecule has 7 nitrogen and oxygen atoms in total. The van der Waals surface area contributed by atoms with Crippen molar-refractivity contribution in [1.29, 1.82) is 5.41 Å². The van der Waals surface area contributed by atoms with Crippen LogP contribution < -0.4 is 15.5 Å². The fraction of sp³-hybridized carbons (Fsp3) is 0.522. The smallest absolute Gasteiger partial charge is 0.131 e. The van der Waals surface area contributed by atoms with Crippen molar-refractivity contribution in [3.8, 4) is 0 Å². The number of rotatable bonds is 5. The number of nitrogens with one attached hydrogen (secondary N) is 1. The molecule has 1 aliphatic rings. The predicted molar refractivity (Wildman–Crippen MR) is 126 cm³/mol. The molecule has 0 saturated carbocycles. The molecule has 0 bridgehead atoms. The number of anilines is 2. The molecule has 3 heterocycles. The second-order valence-corrected chi connectivity index (χ2v) is 9.34. The first-order valence-electron chi connectivity index (χ1n) is 10.4. The minimum Gasteiger partial charge on any atom is -0.397 e. The summed E-state index contributed by atoms with van der Waals surface area (Å²) in [5.74, 6) is 0.908. The Balaban J connectivity index is 2.29. The molecule has 30 heavy (non-hydrogen) atoms. The lowest BCUT2D eigenvalue weighted by molar-refractivity contribution is 0.0986. The monoisotopic (exact) mass is 410 g/mol. The Labute approximate surface area is 179 Å². The number of nitrogens with two attached hydrogens (primary N) is 1. The van der Waals surface area contributed by atoms with Crippen molar-refractivity contribution in [2.45, 2.75) is 40.7 Å². The van der Waals surface area contributed by atoms with Crippen LogP contribution in [0, 0.1) is 17.7 Å². The van der Waals surface area contributed by atoms with Crippen LogP contribution in [0.25, 0.3) is 16.6 Å². The SMILES string of the molecule is Cc1cnc(/C(N)=C/C=N)c2nc(N3CCOC[C@H]3C)cc(N(C)CC(C)(C)C)c12. The van der Waals surface area contributed by atoms with E-state index in [1.807, 2.05) is 6.20 Å². The van der Waals surface area contributed by atoms with Gasteiger partial charge in [0.25, 0.3) is 0 Å². The number of fused-ring (bicyclic) bond motifs is 1. The first-order chi connectivity index (χ1) is 14.1. The molecule has 0 aromatic carbocycles. The second-order valence-electron chi connectivity index (χ2n) is 9.34. The van der Waals surface area contributed by atoms with Crippen LogP contribution in [0.15, 0.2) is 18.3 Å². The zero-order valence-electron chi connectivity index (χ0n) is 19.0. The number of pyridine rings is 2. The molecule has 1 saturated heterocycles. The molecule has 7 heteroatoms. The number of hydrogen-bond acceptors (Lipinski definition) is 7. The Bertz CT molecular complexity index is 962. The average molecular weight is 411 g/mol. The molecular weight excluding hydrogens is 376 g/mol. The van der Waals surface area contributed by atoms with Gasteiger partial charge in [-0.05, 0) is 30.9 Å². The Hall–Kier alpha value is -2.67. The highest BCUT2D eigenvalue weighted by atomic mass is 16.5. The lowest BCUT2D eigenvalue weighted by Gasteiger charge is -2.36. The molecule has 1 fully saturated rings. The number of nitrogens with zero attached hydrogens (tertiary/aromatic N) is 4. The van der Waals surface area contributed by atoms with Gasteiger partial charge in [0, 0.05) is 49.7 Å². The quantitative estimate of drug-likeness (QED) is 0.732. The molecule has 2 aromatic rings. The summed E-state index contributed by atoms with van der Waals surface area (Å²) in [6, 6.07) is 2.42. The Morgan fingerprint density at radius 1 is 1.43 bits per heavy atom. The molecule has 0 unspecified atom stereocenters. The second kappa shape index (κ2) is 8.60. The van der Waals surface area contributed by atoms with Gasteiger partial charge in [-0.25, -0.2) is 4.98 Å². The predicted octanol–water partition coefficient (Wildman–Crippen LogP) is 3.59. The summed E-state index contributed by atoms with van der Waals surface area (Å²) in [6.45, 7) is 14.0. The molecule has 0 spiro atoms. The summed E-state index contributed by atoms with van der Waals surface area (Å²) < 4.78 is 5.63. The summed E-state index contributed by atoms with van der Waals surface area (Å²) in [7, 11) is 2.13. The van der Waals surface area contributed by atoms with Crippen LogP contribution in [0.5, 0.6) is 0 Å². The minimum atomic E-state index is 0.139. The zero-order chi connectivity index (χ0) is 22.1. The number of aromatic nitrogens is 2. The van der Waals surface area contributed by atoms with Gasteiger partial charge in [-0.1, -0.05) is 20.8 Å². The van der Waals surface area contributed by atoms with Gasteiger partial charge >= 0.3 is 0 Å². The highest BCUT2D eigenvalue weighted by molar-refractivity contribution is 6.01. The van der Waals surface area contributed by atoms with Crippen molar-refractivity contribution < 1.29 is 4.74 Å². The van der Waals surface area contributed by atoms with E-state index in [0.29, 0.717) is 24.6 Å². The summed E-state index contributed by atoms with van der Waals surface area (Å²) in [5.41, 5.74) is 10.4. The number of hydrogen-bond donors (Lipinski definition) is 2. The van der Waals surface area contributed by atoms with Crippen LogP contribution in [0.3, 0.4) is 0 Å². The van der Waals surface area contributed by atoms with E-state index in [1.54, 1.807) is 6.08 Å². The van der Waals surface area contributed by atoms with Crippen LogP contribution in [0.4, 0.5) is 11.5 Å².